The van der Waals surface area contributed by atoms with Gasteiger partial charge in [-0.25, -0.2) is 23.2 Å². The maximum absolute atomic E-state index is 13.2. The molecule has 2 fully saturated rings. The van der Waals surface area contributed by atoms with Crippen molar-refractivity contribution in [2.24, 2.45) is 23.7 Å². The van der Waals surface area contributed by atoms with Crippen LogP contribution < -0.4 is 9.64 Å². The minimum absolute atomic E-state index is 0.0129. The van der Waals surface area contributed by atoms with E-state index in [1.807, 2.05) is 12.1 Å². The summed E-state index contributed by atoms with van der Waals surface area (Å²) in [4.78, 5) is 22.7. The van der Waals surface area contributed by atoms with E-state index in [4.69, 9.17) is 20.8 Å². The van der Waals surface area contributed by atoms with Crippen LogP contribution in [0.1, 0.15) is 80.8 Å². The van der Waals surface area contributed by atoms with E-state index in [9.17, 15) is 18.3 Å². The molecule has 3 aliphatic carbocycles. The molecule has 2 saturated carbocycles. The Morgan fingerprint density at radius 1 is 1.11 bits per heavy atom. The lowest BCUT2D eigenvalue weighted by atomic mass is 9.68. The summed E-state index contributed by atoms with van der Waals surface area (Å²) in [6.07, 6.45) is 14.2. The van der Waals surface area contributed by atoms with Gasteiger partial charge in [0, 0.05) is 35.9 Å². The van der Waals surface area contributed by atoms with Crippen molar-refractivity contribution in [1.82, 2.24) is 9.97 Å². The highest BCUT2D eigenvalue weighted by Crippen LogP contribution is 2.49. The van der Waals surface area contributed by atoms with E-state index >= 15 is 0 Å². The zero-order valence-corrected chi connectivity index (χ0v) is 34.7. The van der Waals surface area contributed by atoms with Gasteiger partial charge in [0.2, 0.25) is 15.0 Å². The smallest absolute Gasteiger partial charge is 0.335 e. The van der Waals surface area contributed by atoms with Crippen LogP contribution in [0.4, 0.5) is 5.69 Å². The number of carboxylic acids is 1. The largest absolute Gasteiger partial charge is 0.490 e. The van der Waals surface area contributed by atoms with Gasteiger partial charge in [-0.1, -0.05) is 50.6 Å². The minimum atomic E-state index is -3.58. The predicted octanol–water partition coefficient (Wildman–Crippen LogP) is 8.77. The molecular weight excluding hydrogens is 738 g/mol. The first kappa shape index (κ1) is 39.0. The van der Waals surface area contributed by atoms with Crippen molar-refractivity contribution in [2.45, 2.75) is 101 Å². The number of hydrogen-bond donors (Lipinski definition) is 1. The third-order valence-corrected chi connectivity index (χ3v) is 19.5. The number of rotatable bonds is 11. The van der Waals surface area contributed by atoms with E-state index in [-0.39, 0.29) is 50.8 Å². The van der Waals surface area contributed by atoms with Crippen molar-refractivity contribution in [2.75, 3.05) is 30.3 Å². The number of nitrogens with zero attached hydrogens (tertiary/aromatic N) is 3. The normalized spacial score (nSPS) is 26.2. The van der Waals surface area contributed by atoms with Crippen LogP contribution in [0.3, 0.4) is 0 Å². The number of ether oxygens (including phenoxy) is 1. The molecule has 1 aromatic heterocycles. The van der Waals surface area contributed by atoms with Crippen molar-refractivity contribution in [3.8, 4) is 5.75 Å². The highest BCUT2D eigenvalue weighted by Gasteiger charge is 2.47. The Bertz CT molecular complexity index is 2000. The first-order valence-electron chi connectivity index (χ1n) is 19.5. The van der Waals surface area contributed by atoms with E-state index in [1.165, 1.54) is 23.5 Å². The van der Waals surface area contributed by atoms with E-state index in [0.29, 0.717) is 19.1 Å². The molecule has 0 radical (unpaired) electrons. The van der Waals surface area contributed by atoms with Gasteiger partial charge < -0.3 is 19.2 Å². The van der Waals surface area contributed by atoms with Gasteiger partial charge in [0.05, 0.1) is 29.7 Å². The summed E-state index contributed by atoms with van der Waals surface area (Å²) < 4.78 is 40.2. The number of aryl methyl sites for hydroxylation is 1. The molecule has 2 heterocycles. The van der Waals surface area contributed by atoms with Crippen molar-refractivity contribution in [1.29, 1.82) is 0 Å². The second-order valence-electron chi connectivity index (χ2n) is 17.6. The summed E-state index contributed by atoms with van der Waals surface area (Å²) in [6.45, 7) is 13.4. The topological polar surface area (TPSA) is 119 Å². The Labute approximate surface area is 326 Å². The van der Waals surface area contributed by atoms with Crippen molar-refractivity contribution >= 4 is 41.4 Å². The fourth-order valence-corrected chi connectivity index (χ4v) is 11.7. The fraction of sp³-hybridized carbons (Fsp3) is 0.548. The zero-order chi connectivity index (χ0) is 38.5. The van der Waals surface area contributed by atoms with Crippen molar-refractivity contribution in [3.05, 3.63) is 88.7 Å². The third-order valence-electron chi connectivity index (χ3n) is 13.2. The van der Waals surface area contributed by atoms with E-state index in [2.05, 4.69) is 73.0 Å². The lowest BCUT2D eigenvalue weighted by Crippen LogP contribution is -2.52. The summed E-state index contributed by atoms with van der Waals surface area (Å²) in [5.74, 6) is 0.536. The fourth-order valence-electron chi connectivity index (χ4n) is 8.68. The molecule has 2 aromatic carbocycles. The number of benzene rings is 2. The van der Waals surface area contributed by atoms with Gasteiger partial charge in [0.15, 0.2) is 8.32 Å². The summed E-state index contributed by atoms with van der Waals surface area (Å²) >= 11 is 6.48. The van der Waals surface area contributed by atoms with Gasteiger partial charge in [0.25, 0.3) is 0 Å². The van der Waals surface area contributed by atoms with Gasteiger partial charge in [-0.2, -0.15) is 0 Å². The Kier molecular flexibility index (Phi) is 10.8. The van der Waals surface area contributed by atoms with Crippen LogP contribution in [0, 0.1) is 23.7 Å². The molecule has 1 spiro atoms. The molecular formula is C42H54ClN3O6SSi. The number of sulfone groups is 1. The van der Waals surface area contributed by atoms with Gasteiger partial charge in [-0.3, -0.25) is 0 Å². The third kappa shape index (κ3) is 7.88. The Hall–Kier alpha value is -3.25. The van der Waals surface area contributed by atoms with Gasteiger partial charge >= 0.3 is 5.97 Å². The Morgan fingerprint density at radius 2 is 1.87 bits per heavy atom. The van der Waals surface area contributed by atoms with Crippen LogP contribution in [0.25, 0.3) is 0 Å². The number of aromatic nitrogens is 2. The van der Waals surface area contributed by atoms with Crippen LogP contribution in [0.5, 0.6) is 5.75 Å². The predicted molar refractivity (Wildman–Crippen MR) is 215 cm³/mol. The number of fused-ring (bicyclic) bond motifs is 3. The second kappa shape index (κ2) is 15.0. The van der Waals surface area contributed by atoms with Gasteiger partial charge in [-0.05, 0) is 134 Å². The van der Waals surface area contributed by atoms with Crippen LogP contribution in [0.2, 0.25) is 23.2 Å². The number of allylic oxidation sites excluding steroid dienone is 1. The van der Waals surface area contributed by atoms with Gasteiger partial charge in [-0.15, -0.1) is 0 Å². The number of hydrogen-bond acceptors (Lipinski definition) is 8. The molecule has 0 bridgehead atoms. The number of halogens is 1. The van der Waals surface area contributed by atoms with Crippen LogP contribution in [-0.4, -0.2) is 69.3 Å². The van der Waals surface area contributed by atoms with Gasteiger partial charge in [0.1, 0.15) is 5.75 Å². The average molecular weight is 793 g/mol. The maximum atomic E-state index is 13.2. The Morgan fingerprint density at radius 3 is 2.54 bits per heavy atom. The standard InChI is InChI=1S/C42H54ClN3O6SSi/c1-41(2,3)54(4,5)52-37(17-12-28-9-10-32(28)25-53(49,50)40-44-20-7-21-45-40)34-15-11-31(34)24-46-26-42(19-6-8-29-22-33(43)14-16-35(29)42)27-51-38-18-13-30(39(47)48)23-36(38)46/h7,12-14,16-18,20-23,28,31-32,34,37H,6,8-11,15,19,24-27H2,1-5H3,(H,47,48)/b17-12-/t28-,31+,32-,34-,37+,42?/m1/s1. The number of carboxylic acid groups (broad SMARTS) is 1. The molecule has 1 N–H and O–H groups in total. The molecule has 7 rings (SSSR count). The second-order valence-corrected chi connectivity index (χ2v) is 24.8. The van der Waals surface area contributed by atoms with E-state index in [1.54, 1.807) is 18.2 Å². The summed E-state index contributed by atoms with van der Waals surface area (Å²) in [5, 5.41) is 10.7. The number of anilines is 1. The quantitative estimate of drug-likeness (QED) is 0.116. The molecule has 12 heteroatoms. The van der Waals surface area contributed by atoms with Crippen LogP contribution in [-0.2, 0) is 26.1 Å². The molecule has 4 aliphatic rings. The number of aromatic carboxylic acids is 1. The summed E-state index contributed by atoms with van der Waals surface area (Å²) in [7, 11) is -5.78. The van der Waals surface area contributed by atoms with E-state index < -0.39 is 24.1 Å². The molecule has 290 valence electrons. The first-order valence-corrected chi connectivity index (χ1v) is 24.4. The van der Waals surface area contributed by atoms with Crippen molar-refractivity contribution < 1.29 is 27.5 Å². The molecule has 0 saturated heterocycles. The summed E-state index contributed by atoms with van der Waals surface area (Å²) in [5.41, 5.74) is 3.36. The average Bonchev–Trinajstić information content (AvgIpc) is 3.25. The first-order chi connectivity index (χ1) is 25.6. The molecule has 9 nitrogen and oxygen atoms in total. The molecule has 1 unspecified atom stereocenters. The lowest BCUT2D eigenvalue weighted by Gasteiger charge is -2.48. The highest BCUT2D eigenvalue weighted by atomic mass is 35.5. The monoisotopic (exact) mass is 791 g/mol. The molecule has 54 heavy (non-hydrogen) atoms. The molecule has 3 aromatic rings. The summed E-state index contributed by atoms with van der Waals surface area (Å²) in [6, 6.07) is 13.1. The molecule has 6 atom stereocenters. The maximum Gasteiger partial charge on any atom is 0.335 e. The van der Waals surface area contributed by atoms with Crippen molar-refractivity contribution in [3.63, 3.8) is 0 Å². The van der Waals surface area contributed by atoms with E-state index in [0.717, 1.165) is 68.0 Å². The Balaban J connectivity index is 1.17. The van der Waals surface area contributed by atoms with Crippen LogP contribution in [0.15, 0.2) is 72.2 Å². The SMILES string of the molecule is CC(C)(C)[Si](C)(C)O[C@@H](/C=C\[C@H]1CC[C@@H]1CS(=O)(=O)c1ncccn1)[C@@H]1CC[C@H]1CN1CC2(CCCc3cc(Cl)ccc32)COc2ccc(C(=O)O)cc21. The molecule has 1 aliphatic heterocycles. The highest BCUT2D eigenvalue weighted by molar-refractivity contribution is 7.91. The lowest BCUT2D eigenvalue weighted by molar-refractivity contribution is 0.0519. The van der Waals surface area contributed by atoms with Crippen LogP contribution >= 0.6 is 11.6 Å². The zero-order valence-electron chi connectivity index (χ0n) is 32.1. The molecule has 0 amide bonds. The minimum Gasteiger partial charge on any atom is -0.490 e. The number of carbonyl (C=O) groups is 1.